The van der Waals surface area contributed by atoms with Crippen LogP contribution in [0.25, 0.3) is 50.5 Å². The molecular formula is C32H25N3O. The van der Waals surface area contributed by atoms with Gasteiger partial charge in [-0.3, -0.25) is 9.55 Å². The lowest BCUT2D eigenvalue weighted by Crippen LogP contribution is -1.98. The second kappa shape index (κ2) is 8.82. The molecule has 0 unspecified atom stereocenters. The van der Waals surface area contributed by atoms with Crippen LogP contribution in [0.5, 0.6) is 5.75 Å². The van der Waals surface area contributed by atoms with Gasteiger partial charge in [0, 0.05) is 31.2 Å². The molecule has 4 heteroatoms. The van der Waals surface area contributed by atoms with Gasteiger partial charge in [-0.05, 0) is 72.9 Å². The molecule has 0 aliphatic rings. The van der Waals surface area contributed by atoms with E-state index >= 15 is 0 Å². The van der Waals surface area contributed by atoms with Crippen molar-refractivity contribution < 1.29 is 13.3 Å². The number of para-hydroxylation sites is 2. The maximum Gasteiger partial charge on any atom is 0.149 e. The van der Waals surface area contributed by atoms with Crippen molar-refractivity contribution in [1.82, 2.24) is 14.5 Å². The van der Waals surface area contributed by atoms with Crippen molar-refractivity contribution in [3.63, 3.8) is 0 Å². The molecule has 4 aromatic carbocycles. The monoisotopic (exact) mass is 473 g/mol. The Morgan fingerprint density at radius 1 is 0.750 bits per heavy atom. The number of fused-ring (bicyclic) bond motifs is 1. The van der Waals surface area contributed by atoms with E-state index in [2.05, 4.69) is 4.98 Å². The number of aromatic nitrogens is 3. The Hall–Kier alpha value is -4.70. The maximum absolute atomic E-state index is 11.3. The van der Waals surface area contributed by atoms with Crippen molar-refractivity contribution >= 4 is 11.0 Å². The molecule has 0 saturated carbocycles. The number of aryl methyl sites for hydroxylation is 2. The van der Waals surface area contributed by atoms with Crippen molar-refractivity contribution in [2.75, 3.05) is 0 Å². The number of rotatable bonds is 4. The summed E-state index contributed by atoms with van der Waals surface area (Å²) in [5.41, 5.74) is 4.84. The van der Waals surface area contributed by atoms with E-state index in [0.29, 0.717) is 16.7 Å². The van der Waals surface area contributed by atoms with Crippen LogP contribution in [0.15, 0.2) is 109 Å². The Labute approximate surface area is 218 Å². The molecule has 36 heavy (non-hydrogen) atoms. The van der Waals surface area contributed by atoms with Crippen LogP contribution in [-0.2, 0) is 0 Å². The van der Waals surface area contributed by atoms with Gasteiger partial charge in [-0.15, -0.1) is 0 Å². The number of imidazole rings is 1. The van der Waals surface area contributed by atoms with Crippen LogP contribution in [0.4, 0.5) is 0 Å². The standard InChI is InChI=1S/C32H25N3O/c1-21-18-22(2)31(36)27(19-21)32-34-30-26(14-9-16-29(30)35(32)25-12-4-3-5-13-25)23-10-8-11-24(20-23)28-15-6-7-17-33-28/h3-20,36H,1-2H3/i1D3,2D3. The fourth-order valence-electron chi connectivity index (χ4n) is 4.54. The average Bonchev–Trinajstić information content (AvgIpc) is 3.36. The summed E-state index contributed by atoms with van der Waals surface area (Å²) < 4.78 is 49.8. The van der Waals surface area contributed by atoms with Gasteiger partial charge < -0.3 is 5.11 Å². The van der Waals surface area contributed by atoms with E-state index in [0.717, 1.165) is 28.5 Å². The molecule has 0 aliphatic carbocycles. The summed E-state index contributed by atoms with van der Waals surface area (Å²) in [6, 6.07) is 31.1. The third kappa shape index (κ3) is 3.73. The third-order valence-corrected chi connectivity index (χ3v) is 6.18. The van der Waals surface area contributed by atoms with Crippen LogP contribution >= 0.6 is 0 Å². The molecule has 0 atom stereocenters. The Bertz CT molecular complexity index is 1910. The number of benzene rings is 4. The fraction of sp³-hybridized carbons (Fsp3) is 0.0625. The summed E-state index contributed by atoms with van der Waals surface area (Å²) in [6.45, 7) is -5.36. The van der Waals surface area contributed by atoms with Gasteiger partial charge in [-0.1, -0.05) is 60.7 Å². The highest BCUT2D eigenvalue weighted by Gasteiger charge is 2.20. The van der Waals surface area contributed by atoms with Gasteiger partial charge in [0.25, 0.3) is 0 Å². The molecular weight excluding hydrogens is 442 g/mol. The zero-order valence-corrected chi connectivity index (χ0v) is 19.2. The van der Waals surface area contributed by atoms with Crippen molar-refractivity contribution in [2.45, 2.75) is 13.7 Å². The highest BCUT2D eigenvalue weighted by Crippen LogP contribution is 2.39. The first kappa shape index (κ1) is 16.1. The average molecular weight is 474 g/mol. The highest BCUT2D eigenvalue weighted by molar-refractivity contribution is 5.96. The largest absolute Gasteiger partial charge is 0.507 e. The zero-order valence-electron chi connectivity index (χ0n) is 25.2. The summed E-state index contributed by atoms with van der Waals surface area (Å²) in [6.07, 6.45) is 1.74. The van der Waals surface area contributed by atoms with Gasteiger partial charge in [-0.25, -0.2) is 4.98 Å². The topological polar surface area (TPSA) is 50.9 Å². The molecule has 0 bridgehead atoms. The van der Waals surface area contributed by atoms with Crippen molar-refractivity contribution in [3.05, 3.63) is 120 Å². The Balaban J connectivity index is 1.66. The van der Waals surface area contributed by atoms with Gasteiger partial charge in [-0.2, -0.15) is 0 Å². The lowest BCUT2D eigenvalue weighted by Gasteiger charge is -2.12. The molecule has 6 aromatic rings. The smallest absolute Gasteiger partial charge is 0.149 e. The number of nitrogens with zero attached hydrogens (tertiary/aromatic N) is 3. The minimum atomic E-state index is -2.75. The third-order valence-electron chi connectivity index (χ3n) is 6.18. The van der Waals surface area contributed by atoms with E-state index in [4.69, 9.17) is 13.2 Å². The molecule has 174 valence electrons. The molecule has 2 heterocycles. The minimum Gasteiger partial charge on any atom is -0.507 e. The molecule has 0 amide bonds. The molecule has 4 nitrogen and oxygen atoms in total. The number of aromatic hydroxyl groups is 1. The van der Waals surface area contributed by atoms with Crippen molar-refractivity contribution in [1.29, 1.82) is 0 Å². The highest BCUT2D eigenvalue weighted by atomic mass is 16.3. The summed E-state index contributed by atoms with van der Waals surface area (Å²) in [7, 11) is 0. The lowest BCUT2D eigenvalue weighted by molar-refractivity contribution is 0.472. The first-order chi connectivity index (χ1) is 20.0. The van der Waals surface area contributed by atoms with Gasteiger partial charge in [0.1, 0.15) is 11.6 Å². The Morgan fingerprint density at radius 3 is 2.39 bits per heavy atom. The molecule has 6 rings (SSSR count). The van der Waals surface area contributed by atoms with Crippen molar-refractivity contribution in [2.24, 2.45) is 0 Å². The van der Waals surface area contributed by atoms with E-state index < -0.39 is 25.0 Å². The molecule has 1 N–H and O–H groups in total. The normalized spacial score (nSPS) is 14.3. The number of pyridine rings is 1. The summed E-state index contributed by atoms with van der Waals surface area (Å²) >= 11 is 0. The van der Waals surface area contributed by atoms with Crippen LogP contribution in [0, 0.1) is 13.7 Å². The van der Waals surface area contributed by atoms with E-state index in [9.17, 15) is 5.11 Å². The summed E-state index contributed by atoms with van der Waals surface area (Å²) in [4.78, 5) is 9.44. The van der Waals surface area contributed by atoms with Crippen LogP contribution in [0.2, 0.25) is 0 Å². The van der Waals surface area contributed by atoms with Crippen LogP contribution in [-0.4, -0.2) is 19.6 Å². The molecule has 0 aliphatic heterocycles. The van der Waals surface area contributed by atoms with Gasteiger partial charge in [0.2, 0.25) is 0 Å². The first-order valence-corrected chi connectivity index (χ1v) is 11.5. The molecule has 0 radical (unpaired) electrons. The number of phenolic OH excluding ortho intramolecular Hbond substituents is 1. The first-order valence-electron chi connectivity index (χ1n) is 14.5. The fourth-order valence-corrected chi connectivity index (χ4v) is 4.54. The van der Waals surface area contributed by atoms with Crippen LogP contribution in [0.3, 0.4) is 0 Å². The van der Waals surface area contributed by atoms with Gasteiger partial charge in [0.15, 0.2) is 0 Å². The minimum absolute atomic E-state index is 0.0167. The predicted octanol–water partition coefficient (Wildman–Crippen LogP) is 7.74. The Morgan fingerprint density at radius 2 is 1.58 bits per heavy atom. The van der Waals surface area contributed by atoms with Gasteiger partial charge in [0.05, 0.1) is 22.3 Å². The van der Waals surface area contributed by atoms with E-state index in [1.54, 1.807) is 6.20 Å². The van der Waals surface area contributed by atoms with E-state index in [-0.39, 0.29) is 17.0 Å². The SMILES string of the molecule is [2H]C([2H])([2H])c1cc(-c2nc3c(-c4cccc(-c5ccccn5)c4)cccc3n2-c2ccccc2)c(O)c(C([2H])([2H])[2H])c1. The maximum atomic E-state index is 11.3. The molecule has 0 fully saturated rings. The lowest BCUT2D eigenvalue weighted by atomic mass is 10.0. The quantitative estimate of drug-likeness (QED) is 0.285. The number of hydrogen-bond acceptors (Lipinski definition) is 3. The number of phenols is 1. The van der Waals surface area contributed by atoms with Crippen molar-refractivity contribution in [3.8, 4) is 45.2 Å². The second-order valence-corrected chi connectivity index (χ2v) is 8.50. The zero-order chi connectivity index (χ0) is 29.6. The van der Waals surface area contributed by atoms with E-state index in [1.807, 2.05) is 95.6 Å². The molecule has 0 saturated heterocycles. The molecule has 0 spiro atoms. The number of hydrogen-bond donors (Lipinski definition) is 1. The summed E-state index contributed by atoms with van der Waals surface area (Å²) in [5, 5.41) is 11.3. The van der Waals surface area contributed by atoms with Gasteiger partial charge >= 0.3 is 0 Å². The predicted molar refractivity (Wildman–Crippen MR) is 146 cm³/mol. The second-order valence-electron chi connectivity index (χ2n) is 8.50. The van der Waals surface area contributed by atoms with Crippen LogP contribution < -0.4 is 0 Å². The molecule has 2 aromatic heterocycles. The van der Waals surface area contributed by atoms with Crippen LogP contribution in [0.1, 0.15) is 19.4 Å². The Kier molecular flexibility index (Phi) is 3.94. The van der Waals surface area contributed by atoms with E-state index in [1.165, 1.54) is 6.07 Å². The summed E-state index contributed by atoms with van der Waals surface area (Å²) in [5.74, 6) is -0.312.